The lowest BCUT2D eigenvalue weighted by Crippen LogP contribution is -2.23. The Morgan fingerprint density at radius 3 is 2.70 bits per heavy atom. The lowest BCUT2D eigenvalue weighted by atomic mass is 9.99. The molecule has 0 aliphatic heterocycles. The van der Waals surface area contributed by atoms with Gasteiger partial charge in [-0.05, 0) is 55.6 Å². The molecule has 0 radical (unpaired) electrons. The molecule has 0 aliphatic carbocycles. The van der Waals surface area contributed by atoms with E-state index in [2.05, 4.69) is 66.3 Å². The third-order valence-electron chi connectivity index (χ3n) is 3.38. The molecule has 2 rings (SSSR count). The Labute approximate surface area is 138 Å². The minimum absolute atomic E-state index is 0.212. The highest BCUT2D eigenvalue weighted by molar-refractivity contribution is 9.10. The van der Waals surface area contributed by atoms with E-state index in [9.17, 15) is 0 Å². The van der Waals surface area contributed by atoms with Crippen LogP contribution in [0.4, 0.5) is 0 Å². The van der Waals surface area contributed by atoms with Crippen LogP contribution in [-0.2, 0) is 0 Å². The molecule has 0 bridgehead atoms. The summed E-state index contributed by atoms with van der Waals surface area (Å²) in [5.41, 5.74) is 3.75. The quantitative estimate of drug-likeness (QED) is 0.692. The third kappa shape index (κ3) is 3.45. The fourth-order valence-electron chi connectivity index (χ4n) is 2.22. The highest BCUT2D eigenvalue weighted by atomic mass is 79.9. The van der Waals surface area contributed by atoms with Gasteiger partial charge in [0, 0.05) is 9.35 Å². The molecule has 1 N–H and O–H groups in total. The van der Waals surface area contributed by atoms with E-state index in [1.165, 1.54) is 16.0 Å². The van der Waals surface area contributed by atoms with Crippen molar-refractivity contribution in [2.75, 3.05) is 6.54 Å². The van der Waals surface area contributed by atoms with Gasteiger partial charge in [-0.3, -0.25) is 0 Å². The number of halogens is 2. The van der Waals surface area contributed by atoms with Gasteiger partial charge >= 0.3 is 0 Å². The monoisotopic (exact) mass is 371 g/mol. The van der Waals surface area contributed by atoms with Gasteiger partial charge in [0.2, 0.25) is 0 Å². The second-order valence-electron chi connectivity index (χ2n) is 4.95. The van der Waals surface area contributed by atoms with Crippen LogP contribution in [0.15, 0.2) is 28.7 Å². The average molecular weight is 373 g/mol. The van der Waals surface area contributed by atoms with Crippen LogP contribution in [0.5, 0.6) is 0 Å². The van der Waals surface area contributed by atoms with E-state index in [-0.39, 0.29) is 6.04 Å². The van der Waals surface area contributed by atoms with Gasteiger partial charge in [0.25, 0.3) is 0 Å². The molecule has 0 saturated carbocycles. The maximum Gasteiger partial charge on any atom is 0.0961 e. The van der Waals surface area contributed by atoms with Gasteiger partial charge in [-0.25, -0.2) is 0 Å². The third-order valence-corrected chi connectivity index (χ3v) is 5.86. The van der Waals surface area contributed by atoms with Gasteiger partial charge < -0.3 is 5.32 Å². The molecule has 20 heavy (non-hydrogen) atoms. The molecule has 1 aromatic carbocycles. The fourth-order valence-corrected chi connectivity index (χ4v) is 3.91. The second-order valence-corrected chi connectivity index (χ2v) is 7.49. The van der Waals surface area contributed by atoms with Gasteiger partial charge in [0.15, 0.2) is 0 Å². The first-order valence-electron chi connectivity index (χ1n) is 6.78. The molecule has 2 aromatic rings. The number of thiophene rings is 1. The van der Waals surface area contributed by atoms with Gasteiger partial charge in [-0.1, -0.05) is 46.6 Å². The number of benzene rings is 1. The summed E-state index contributed by atoms with van der Waals surface area (Å²) in [5.74, 6) is 0. The highest BCUT2D eigenvalue weighted by Crippen LogP contribution is 2.36. The molecule has 108 valence electrons. The minimum atomic E-state index is 0.212. The molecular weight excluding hydrogens is 354 g/mol. The van der Waals surface area contributed by atoms with Gasteiger partial charge in [-0.2, -0.15) is 0 Å². The number of rotatable bonds is 5. The molecule has 1 atom stereocenters. The van der Waals surface area contributed by atoms with Crippen LogP contribution in [0.25, 0.3) is 0 Å². The van der Waals surface area contributed by atoms with E-state index in [1.54, 1.807) is 11.3 Å². The van der Waals surface area contributed by atoms with Gasteiger partial charge in [-0.15, -0.1) is 11.3 Å². The van der Waals surface area contributed by atoms with Crippen molar-refractivity contribution in [2.45, 2.75) is 33.2 Å². The van der Waals surface area contributed by atoms with Crippen molar-refractivity contribution in [1.82, 2.24) is 5.32 Å². The van der Waals surface area contributed by atoms with Crippen LogP contribution in [0, 0.1) is 13.8 Å². The summed E-state index contributed by atoms with van der Waals surface area (Å²) in [6, 6.07) is 8.78. The zero-order chi connectivity index (χ0) is 14.7. The summed E-state index contributed by atoms with van der Waals surface area (Å²) in [4.78, 5) is 1.28. The Balaban J connectivity index is 2.44. The maximum absolute atomic E-state index is 6.25. The molecule has 0 fully saturated rings. The second kappa shape index (κ2) is 7.08. The predicted molar refractivity (Wildman–Crippen MR) is 93.1 cm³/mol. The van der Waals surface area contributed by atoms with Crippen LogP contribution < -0.4 is 5.32 Å². The first kappa shape index (κ1) is 16.0. The largest absolute Gasteiger partial charge is 0.306 e. The van der Waals surface area contributed by atoms with Gasteiger partial charge in [0.1, 0.15) is 0 Å². The number of hydrogen-bond donors (Lipinski definition) is 1. The lowest BCUT2D eigenvalue weighted by molar-refractivity contribution is 0.603. The highest BCUT2D eigenvalue weighted by Gasteiger charge is 2.19. The van der Waals surface area contributed by atoms with Crippen molar-refractivity contribution in [3.63, 3.8) is 0 Å². The van der Waals surface area contributed by atoms with Crippen LogP contribution >= 0.6 is 38.9 Å². The molecule has 4 heteroatoms. The van der Waals surface area contributed by atoms with E-state index < -0.39 is 0 Å². The topological polar surface area (TPSA) is 12.0 Å². The molecule has 0 spiro atoms. The normalized spacial score (nSPS) is 12.7. The van der Waals surface area contributed by atoms with Crippen molar-refractivity contribution in [2.24, 2.45) is 0 Å². The zero-order valence-corrected chi connectivity index (χ0v) is 15.1. The van der Waals surface area contributed by atoms with Crippen LogP contribution in [0.2, 0.25) is 4.34 Å². The number of hydrogen-bond acceptors (Lipinski definition) is 2. The van der Waals surface area contributed by atoms with E-state index >= 15 is 0 Å². The Morgan fingerprint density at radius 1 is 1.35 bits per heavy atom. The summed E-state index contributed by atoms with van der Waals surface area (Å²) in [5, 5.41) is 3.64. The lowest BCUT2D eigenvalue weighted by Gasteiger charge is -2.20. The average Bonchev–Trinajstić information content (AvgIpc) is 2.74. The predicted octanol–water partition coefficient (Wildman–Crippen LogP) is 5.87. The van der Waals surface area contributed by atoms with E-state index in [0.717, 1.165) is 27.3 Å². The van der Waals surface area contributed by atoms with Crippen molar-refractivity contribution in [3.05, 3.63) is 54.6 Å². The number of aryl methyl sites for hydroxylation is 1. The molecular formula is C16H19BrClNS. The molecule has 0 amide bonds. The molecule has 1 nitrogen and oxygen atoms in total. The Hall–Kier alpha value is -0.350. The van der Waals surface area contributed by atoms with Crippen LogP contribution in [0.1, 0.15) is 41.0 Å². The maximum atomic E-state index is 6.25. The zero-order valence-electron chi connectivity index (χ0n) is 12.0. The summed E-state index contributed by atoms with van der Waals surface area (Å²) < 4.78 is 2.04. The van der Waals surface area contributed by atoms with E-state index in [0.29, 0.717) is 0 Å². The van der Waals surface area contributed by atoms with Crippen molar-refractivity contribution in [1.29, 1.82) is 0 Å². The molecule has 1 unspecified atom stereocenters. The van der Waals surface area contributed by atoms with E-state index in [1.807, 2.05) is 0 Å². The first-order valence-corrected chi connectivity index (χ1v) is 8.77. The Morgan fingerprint density at radius 2 is 2.10 bits per heavy atom. The summed E-state index contributed by atoms with van der Waals surface area (Å²) in [7, 11) is 0. The summed E-state index contributed by atoms with van der Waals surface area (Å²) in [6.07, 6.45) is 1.11. The van der Waals surface area contributed by atoms with Crippen molar-refractivity contribution >= 4 is 38.9 Å². The van der Waals surface area contributed by atoms with Gasteiger partial charge in [0.05, 0.1) is 10.4 Å². The molecule has 1 aromatic heterocycles. The number of nitrogens with one attached hydrogen (secondary N) is 1. The minimum Gasteiger partial charge on any atom is -0.306 e. The van der Waals surface area contributed by atoms with Crippen LogP contribution in [0.3, 0.4) is 0 Å². The van der Waals surface area contributed by atoms with Crippen LogP contribution in [-0.4, -0.2) is 6.54 Å². The molecule has 0 aliphatic rings. The van der Waals surface area contributed by atoms with E-state index in [4.69, 9.17) is 11.6 Å². The molecule has 0 saturated heterocycles. The molecule has 1 heterocycles. The van der Waals surface area contributed by atoms with Crippen molar-refractivity contribution < 1.29 is 0 Å². The smallest absolute Gasteiger partial charge is 0.0961 e. The first-order chi connectivity index (χ1) is 9.54. The standard InChI is InChI=1S/C16H19BrClNS/c1-4-8-19-15(14-9-10(2)16(18)20-14)12-6-5-7-13(17)11(12)3/h5-7,9,15,19H,4,8H2,1-3H3. The SMILES string of the molecule is CCCNC(c1cc(C)c(Cl)s1)c1cccc(Br)c1C. The Bertz CT molecular complexity index is 575. The Kier molecular flexibility index (Phi) is 5.67. The summed E-state index contributed by atoms with van der Waals surface area (Å²) >= 11 is 11.5. The van der Waals surface area contributed by atoms with Crippen molar-refractivity contribution in [3.8, 4) is 0 Å². The fraction of sp³-hybridized carbons (Fsp3) is 0.375. The summed E-state index contributed by atoms with van der Waals surface area (Å²) in [6.45, 7) is 7.39.